The molecule has 1 rings (SSSR count). The van der Waals surface area contributed by atoms with Crippen molar-refractivity contribution in [3.8, 4) is 0 Å². The molecular weight excluding hydrogens is 206 g/mol. The van der Waals surface area contributed by atoms with Gasteiger partial charge < -0.3 is 10.4 Å². The number of anilines is 1. The van der Waals surface area contributed by atoms with Gasteiger partial charge in [0.15, 0.2) is 5.78 Å². The van der Waals surface area contributed by atoms with Gasteiger partial charge in [-0.1, -0.05) is 0 Å². The number of ketones is 1. The molecule has 0 bridgehead atoms. The number of H-pyrrole nitrogens is 1. The van der Waals surface area contributed by atoms with Gasteiger partial charge in [-0.25, -0.2) is 0 Å². The topological polar surface area (TPSA) is 78.0 Å². The van der Waals surface area contributed by atoms with Crippen LogP contribution in [0.15, 0.2) is 6.07 Å². The highest BCUT2D eigenvalue weighted by Crippen LogP contribution is 2.10. The van der Waals surface area contributed by atoms with Gasteiger partial charge in [0.05, 0.1) is 6.10 Å². The fourth-order valence-electron chi connectivity index (χ4n) is 1.31. The van der Waals surface area contributed by atoms with Crippen molar-refractivity contribution in [3.63, 3.8) is 0 Å². The Balaban J connectivity index is 2.53. The monoisotopic (exact) mass is 225 g/mol. The Morgan fingerprint density at radius 1 is 1.56 bits per heavy atom. The number of aliphatic hydroxyl groups is 1. The minimum absolute atomic E-state index is 0.0230. The number of nitrogens with zero attached hydrogens (tertiary/aromatic N) is 1. The predicted molar refractivity (Wildman–Crippen MR) is 62.6 cm³/mol. The Bertz CT molecular complexity index is 345. The summed E-state index contributed by atoms with van der Waals surface area (Å²) in [7, 11) is 0. The van der Waals surface area contributed by atoms with Gasteiger partial charge >= 0.3 is 0 Å². The Labute approximate surface area is 95.3 Å². The summed E-state index contributed by atoms with van der Waals surface area (Å²) in [6, 6.07) is 1.98. The van der Waals surface area contributed by atoms with Crippen molar-refractivity contribution < 1.29 is 9.90 Å². The molecule has 0 aliphatic carbocycles. The maximum atomic E-state index is 11.6. The van der Waals surface area contributed by atoms with Gasteiger partial charge in [0.2, 0.25) is 0 Å². The zero-order valence-electron chi connectivity index (χ0n) is 9.95. The van der Waals surface area contributed by atoms with Crippen LogP contribution in [0.3, 0.4) is 0 Å². The van der Waals surface area contributed by atoms with Crippen LogP contribution < -0.4 is 5.32 Å². The van der Waals surface area contributed by atoms with Crippen molar-refractivity contribution in [1.82, 2.24) is 10.2 Å². The molecule has 1 aromatic heterocycles. The lowest BCUT2D eigenvalue weighted by atomic mass is 10.1. The molecule has 16 heavy (non-hydrogen) atoms. The molecule has 0 aromatic carbocycles. The number of carbonyl (C=O) groups is 1. The standard InChI is InChI=1S/C11H19N3O2/c1-7(2)12-11-6-9(13-14-11)10(16)5-4-8(3)15/h6-8,15H,4-5H2,1-3H3,(H2,12,13,14)/t8-/m0/s1. The van der Waals surface area contributed by atoms with Gasteiger partial charge in [-0.15, -0.1) is 0 Å². The van der Waals surface area contributed by atoms with E-state index < -0.39 is 6.10 Å². The van der Waals surface area contributed by atoms with E-state index in [4.69, 9.17) is 5.11 Å². The quantitative estimate of drug-likeness (QED) is 0.642. The zero-order chi connectivity index (χ0) is 12.1. The van der Waals surface area contributed by atoms with Gasteiger partial charge in [-0.3, -0.25) is 9.89 Å². The Hall–Kier alpha value is -1.36. The minimum Gasteiger partial charge on any atom is -0.393 e. The third kappa shape index (κ3) is 4.02. The first kappa shape index (κ1) is 12.7. The first-order valence-corrected chi connectivity index (χ1v) is 5.52. The summed E-state index contributed by atoms with van der Waals surface area (Å²) in [5.74, 6) is 0.653. The van der Waals surface area contributed by atoms with Gasteiger partial charge in [0, 0.05) is 18.5 Å². The number of hydrogen-bond donors (Lipinski definition) is 3. The molecule has 1 heterocycles. The van der Waals surface area contributed by atoms with Gasteiger partial charge in [0.25, 0.3) is 0 Å². The lowest BCUT2D eigenvalue weighted by Crippen LogP contribution is -2.09. The third-order valence-corrected chi connectivity index (χ3v) is 2.10. The summed E-state index contributed by atoms with van der Waals surface area (Å²) in [6.45, 7) is 5.68. The summed E-state index contributed by atoms with van der Waals surface area (Å²) in [5.41, 5.74) is 0.490. The van der Waals surface area contributed by atoms with Crippen LogP contribution >= 0.6 is 0 Å². The third-order valence-electron chi connectivity index (χ3n) is 2.10. The molecule has 0 radical (unpaired) electrons. The first-order chi connectivity index (χ1) is 7.49. The second kappa shape index (κ2) is 5.65. The van der Waals surface area contributed by atoms with E-state index >= 15 is 0 Å². The molecule has 0 aliphatic heterocycles. The Morgan fingerprint density at radius 3 is 2.81 bits per heavy atom. The molecule has 0 fully saturated rings. The second-order valence-electron chi connectivity index (χ2n) is 4.28. The van der Waals surface area contributed by atoms with Crippen molar-refractivity contribution >= 4 is 11.6 Å². The molecule has 5 nitrogen and oxygen atoms in total. The average molecular weight is 225 g/mol. The number of hydrogen-bond acceptors (Lipinski definition) is 4. The molecule has 0 saturated carbocycles. The maximum absolute atomic E-state index is 11.6. The van der Waals surface area contributed by atoms with E-state index in [0.29, 0.717) is 24.4 Å². The summed E-state index contributed by atoms with van der Waals surface area (Å²) in [6.07, 6.45) is 0.367. The molecule has 0 amide bonds. The van der Waals surface area contributed by atoms with E-state index in [1.54, 1.807) is 13.0 Å². The van der Waals surface area contributed by atoms with Gasteiger partial charge in [-0.05, 0) is 27.2 Å². The normalized spacial score (nSPS) is 12.8. The number of nitrogens with one attached hydrogen (secondary N) is 2. The van der Waals surface area contributed by atoms with Crippen LogP contribution in [-0.2, 0) is 0 Å². The maximum Gasteiger partial charge on any atom is 0.180 e. The van der Waals surface area contributed by atoms with E-state index in [-0.39, 0.29) is 11.8 Å². The van der Waals surface area contributed by atoms with Crippen molar-refractivity contribution in [2.75, 3.05) is 5.32 Å². The predicted octanol–water partition coefficient (Wildman–Crippen LogP) is 1.57. The summed E-state index contributed by atoms with van der Waals surface area (Å²) in [5, 5.41) is 18.9. The van der Waals surface area contributed by atoms with Gasteiger partial charge in [-0.2, -0.15) is 5.10 Å². The van der Waals surface area contributed by atoms with E-state index in [1.807, 2.05) is 13.8 Å². The highest BCUT2D eigenvalue weighted by molar-refractivity contribution is 5.94. The van der Waals surface area contributed by atoms with E-state index in [2.05, 4.69) is 15.5 Å². The number of carbonyl (C=O) groups excluding carboxylic acids is 1. The molecule has 5 heteroatoms. The SMILES string of the molecule is CC(C)Nc1cc(C(=O)CC[C@H](C)O)[nH]n1. The summed E-state index contributed by atoms with van der Waals surface area (Å²) >= 11 is 0. The molecule has 3 N–H and O–H groups in total. The number of aliphatic hydroxyl groups excluding tert-OH is 1. The smallest absolute Gasteiger partial charge is 0.180 e. The number of Topliss-reactive ketones (excluding diaryl/α,β-unsaturated/α-hetero) is 1. The number of aromatic amines is 1. The Kier molecular flexibility index (Phi) is 4.49. The van der Waals surface area contributed by atoms with Crippen LogP contribution in [0.25, 0.3) is 0 Å². The average Bonchev–Trinajstić information content (AvgIpc) is 2.61. The molecular formula is C11H19N3O2. The minimum atomic E-state index is -0.444. The summed E-state index contributed by atoms with van der Waals surface area (Å²) < 4.78 is 0. The zero-order valence-corrected chi connectivity index (χ0v) is 9.95. The van der Waals surface area contributed by atoms with Crippen molar-refractivity contribution in [1.29, 1.82) is 0 Å². The van der Waals surface area contributed by atoms with E-state index in [0.717, 1.165) is 0 Å². The highest BCUT2D eigenvalue weighted by atomic mass is 16.3. The number of aromatic nitrogens is 2. The van der Waals surface area contributed by atoms with Crippen LogP contribution in [0.1, 0.15) is 44.1 Å². The van der Waals surface area contributed by atoms with E-state index in [1.165, 1.54) is 0 Å². The largest absolute Gasteiger partial charge is 0.393 e. The van der Waals surface area contributed by atoms with Crippen LogP contribution in [0.5, 0.6) is 0 Å². The highest BCUT2D eigenvalue weighted by Gasteiger charge is 2.11. The first-order valence-electron chi connectivity index (χ1n) is 5.52. The molecule has 1 atom stereocenters. The van der Waals surface area contributed by atoms with Crippen molar-refractivity contribution in [2.45, 2.75) is 45.8 Å². The Morgan fingerprint density at radius 2 is 2.25 bits per heavy atom. The number of rotatable bonds is 6. The molecule has 1 aromatic rings. The van der Waals surface area contributed by atoms with Gasteiger partial charge in [0.1, 0.15) is 11.5 Å². The van der Waals surface area contributed by atoms with Crippen molar-refractivity contribution in [3.05, 3.63) is 11.8 Å². The lowest BCUT2D eigenvalue weighted by Gasteiger charge is -2.04. The second-order valence-corrected chi connectivity index (χ2v) is 4.28. The van der Waals surface area contributed by atoms with Crippen LogP contribution in [0, 0.1) is 0 Å². The molecule has 0 unspecified atom stereocenters. The fourth-order valence-corrected chi connectivity index (χ4v) is 1.31. The van der Waals surface area contributed by atoms with Crippen LogP contribution in [0.2, 0.25) is 0 Å². The van der Waals surface area contributed by atoms with Crippen LogP contribution in [0.4, 0.5) is 5.82 Å². The van der Waals surface area contributed by atoms with E-state index in [9.17, 15) is 4.79 Å². The summed E-state index contributed by atoms with van der Waals surface area (Å²) in [4.78, 5) is 11.6. The lowest BCUT2D eigenvalue weighted by molar-refractivity contribution is 0.0944. The molecule has 90 valence electrons. The van der Waals surface area contributed by atoms with Crippen molar-refractivity contribution in [2.24, 2.45) is 0 Å². The molecule has 0 aliphatic rings. The van der Waals surface area contributed by atoms with Crippen LogP contribution in [-0.4, -0.2) is 33.2 Å². The molecule has 0 spiro atoms. The molecule has 0 saturated heterocycles. The fraction of sp³-hybridized carbons (Fsp3) is 0.636.